The van der Waals surface area contributed by atoms with Crippen LogP contribution in [0, 0.1) is 0 Å². The third kappa shape index (κ3) is 5.79. The van der Waals surface area contributed by atoms with Crippen LogP contribution in [0.1, 0.15) is 20.8 Å². The third-order valence-corrected chi connectivity index (χ3v) is 6.07. The van der Waals surface area contributed by atoms with Crippen LogP contribution < -0.4 is 0 Å². The first-order valence-electron chi connectivity index (χ1n) is 5.13. The van der Waals surface area contributed by atoms with Crippen LogP contribution in [0.3, 0.4) is 0 Å². The van der Waals surface area contributed by atoms with Crippen molar-refractivity contribution in [3.63, 3.8) is 0 Å². The van der Waals surface area contributed by atoms with E-state index in [1.807, 2.05) is 23.5 Å². The molecule has 1 saturated heterocycles. The van der Waals surface area contributed by atoms with Crippen LogP contribution in [-0.4, -0.2) is 39.8 Å². The molecule has 84 valence electrons. The molecule has 0 bridgehead atoms. The van der Waals surface area contributed by atoms with Gasteiger partial charge in [0.15, 0.2) is 0 Å². The smallest absolute Gasteiger partial charge is 0.134 e. The molecule has 1 aliphatic rings. The van der Waals surface area contributed by atoms with E-state index in [9.17, 15) is 0 Å². The zero-order valence-corrected chi connectivity index (χ0v) is 11.7. The largest absolute Gasteiger partial charge is 0.358 e. The highest BCUT2D eigenvalue weighted by atomic mass is 32.2. The second kappa shape index (κ2) is 6.56. The van der Waals surface area contributed by atoms with Crippen LogP contribution in [0.25, 0.3) is 0 Å². The minimum absolute atomic E-state index is 0.174. The van der Waals surface area contributed by atoms with E-state index in [0.29, 0.717) is 0 Å². The summed E-state index contributed by atoms with van der Waals surface area (Å²) in [4.78, 5) is 0.174. The molecule has 4 heteroatoms. The molecular weight excluding hydrogens is 232 g/mol. The average Bonchev–Trinajstić information content (AvgIpc) is 2.89. The van der Waals surface area contributed by atoms with Crippen molar-refractivity contribution in [3.05, 3.63) is 0 Å². The van der Waals surface area contributed by atoms with Crippen molar-refractivity contribution in [2.75, 3.05) is 29.6 Å². The SMILES string of the molecule is CCSCCSC(C)CSC1(C)CO1. The lowest BCUT2D eigenvalue weighted by Crippen LogP contribution is -2.07. The Morgan fingerprint density at radius 3 is 2.71 bits per heavy atom. The van der Waals surface area contributed by atoms with Crippen LogP contribution in [0.4, 0.5) is 0 Å². The van der Waals surface area contributed by atoms with Gasteiger partial charge in [-0.1, -0.05) is 13.8 Å². The van der Waals surface area contributed by atoms with Gasteiger partial charge in [-0.05, 0) is 12.7 Å². The van der Waals surface area contributed by atoms with Gasteiger partial charge in [-0.25, -0.2) is 0 Å². The molecule has 2 unspecified atom stereocenters. The Hall–Kier alpha value is 1.01. The Morgan fingerprint density at radius 1 is 1.43 bits per heavy atom. The van der Waals surface area contributed by atoms with Crippen molar-refractivity contribution in [1.82, 2.24) is 0 Å². The van der Waals surface area contributed by atoms with Crippen LogP contribution >= 0.6 is 35.3 Å². The maximum atomic E-state index is 5.34. The summed E-state index contributed by atoms with van der Waals surface area (Å²) in [6.07, 6.45) is 0. The van der Waals surface area contributed by atoms with Crippen LogP contribution in [0.5, 0.6) is 0 Å². The predicted molar refractivity (Wildman–Crippen MR) is 71.7 cm³/mol. The van der Waals surface area contributed by atoms with Gasteiger partial charge in [0.2, 0.25) is 0 Å². The fourth-order valence-electron chi connectivity index (χ4n) is 0.979. The van der Waals surface area contributed by atoms with Gasteiger partial charge >= 0.3 is 0 Å². The fourth-order valence-corrected chi connectivity index (χ4v) is 3.93. The van der Waals surface area contributed by atoms with Crippen molar-refractivity contribution in [3.8, 4) is 0 Å². The zero-order chi connectivity index (χ0) is 10.4. The standard InChI is InChI=1S/C10H20OS3/c1-4-12-5-6-13-9(2)7-14-10(3)8-11-10/h9H,4-8H2,1-3H3. The number of epoxide rings is 1. The third-order valence-electron chi connectivity index (χ3n) is 2.01. The Balaban J connectivity index is 1.90. The Morgan fingerprint density at radius 2 is 2.14 bits per heavy atom. The van der Waals surface area contributed by atoms with Gasteiger partial charge in [-0.2, -0.15) is 23.5 Å². The van der Waals surface area contributed by atoms with E-state index in [2.05, 4.69) is 32.5 Å². The Kier molecular flexibility index (Phi) is 6.13. The minimum Gasteiger partial charge on any atom is -0.358 e. The molecule has 1 nitrogen and oxygen atoms in total. The molecule has 1 heterocycles. The molecule has 0 spiro atoms. The van der Waals surface area contributed by atoms with E-state index in [0.717, 1.165) is 11.9 Å². The lowest BCUT2D eigenvalue weighted by Gasteiger charge is -2.12. The first-order valence-corrected chi connectivity index (χ1v) is 8.32. The summed E-state index contributed by atoms with van der Waals surface area (Å²) in [5, 5.41) is 0.762. The molecule has 1 fully saturated rings. The molecule has 0 radical (unpaired) electrons. The van der Waals surface area contributed by atoms with Gasteiger partial charge in [0.25, 0.3) is 0 Å². The van der Waals surface area contributed by atoms with Gasteiger partial charge < -0.3 is 4.74 Å². The van der Waals surface area contributed by atoms with Gasteiger partial charge in [-0.3, -0.25) is 0 Å². The average molecular weight is 252 g/mol. The number of thioether (sulfide) groups is 3. The number of hydrogen-bond acceptors (Lipinski definition) is 4. The second-order valence-electron chi connectivity index (χ2n) is 3.61. The van der Waals surface area contributed by atoms with E-state index >= 15 is 0 Å². The normalized spacial score (nSPS) is 27.6. The highest BCUT2D eigenvalue weighted by Gasteiger charge is 2.39. The van der Waals surface area contributed by atoms with E-state index in [1.165, 1.54) is 23.0 Å². The Labute approximate surface area is 101 Å². The first-order chi connectivity index (χ1) is 6.66. The molecule has 1 aliphatic heterocycles. The summed E-state index contributed by atoms with van der Waals surface area (Å²) >= 11 is 6.09. The quantitative estimate of drug-likeness (QED) is 0.485. The molecule has 0 amide bonds. The monoisotopic (exact) mass is 252 g/mol. The van der Waals surface area contributed by atoms with Gasteiger partial charge in [0, 0.05) is 22.5 Å². The summed E-state index contributed by atoms with van der Waals surface area (Å²) < 4.78 is 5.34. The lowest BCUT2D eigenvalue weighted by atomic mass is 10.5. The Bertz CT molecular complexity index is 159. The van der Waals surface area contributed by atoms with E-state index in [-0.39, 0.29) is 4.93 Å². The summed E-state index contributed by atoms with van der Waals surface area (Å²) in [6, 6.07) is 0. The molecule has 2 atom stereocenters. The molecule has 0 saturated carbocycles. The summed E-state index contributed by atoms with van der Waals surface area (Å²) in [6.45, 7) is 7.67. The van der Waals surface area contributed by atoms with Crippen molar-refractivity contribution >= 4 is 35.3 Å². The highest BCUT2D eigenvalue weighted by Crippen LogP contribution is 2.39. The van der Waals surface area contributed by atoms with Crippen molar-refractivity contribution < 1.29 is 4.74 Å². The van der Waals surface area contributed by atoms with Crippen molar-refractivity contribution in [2.45, 2.75) is 31.0 Å². The van der Waals surface area contributed by atoms with Gasteiger partial charge in [0.1, 0.15) is 4.93 Å². The van der Waals surface area contributed by atoms with Crippen LogP contribution in [0.2, 0.25) is 0 Å². The number of hydrogen-bond donors (Lipinski definition) is 0. The van der Waals surface area contributed by atoms with E-state index in [1.54, 1.807) is 0 Å². The maximum absolute atomic E-state index is 5.34. The molecule has 0 N–H and O–H groups in total. The maximum Gasteiger partial charge on any atom is 0.134 e. The lowest BCUT2D eigenvalue weighted by molar-refractivity contribution is 0.402. The van der Waals surface area contributed by atoms with Gasteiger partial charge in [-0.15, -0.1) is 11.8 Å². The molecule has 14 heavy (non-hydrogen) atoms. The minimum atomic E-state index is 0.174. The van der Waals surface area contributed by atoms with Gasteiger partial charge in [0.05, 0.1) is 6.61 Å². The summed E-state index contributed by atoms with van der Waals surface area (Å²) in [7, 11) is 0. The van der Waals surface area contributed by atoms with Crippen LogP contribution in [0.15, 0.2) is 0 Å². The van der Waals surface area contributed by atoms with Crippen LogP contribution in [-0.2, 0) is 4.74 Å². The number of rotatable bonds is 8. The summed E-state index contributed by atoms with van der Waals surface area (Å²) in [5.74, 6) is 5.05. The second-order valence-corrected chi connectivity index (χ2v) is 8.04. The van der Waals surface area contributed by atoms with E-state index < -0.39 is 0 Å². The predicted octanol–water partition coefficient (Wildman–Crippen LogP) is 3.34. The fraction of sp³-hybridized carbons (Fsp3) is 1.00. The van der Waals surface area contributed by atoms with Crippen molar-refractivity contribution in [2.24, 2.45) is 0 Å². The molecule has 0 aliphatic carbocycles. The zero-order valence-electron chi connectivity index (χ0n) is 9.25. The first kappa shape index (κ1) is 13.1. The molecule has 0 aromatic heterocycles. The topological polar surface area (TPSA) is 12.5 Å². The molecular formula is C10H20OS3. The molecule has 1 rings (SSSR count). The number of ether oxygens (including phenoxy) is 1. The highest BCUT2D eigenvalue weighted by molar-refractivity contribution is 8.05. The summed E-state index contributed by atoms with van der Waals surface area (Å²) in [5.41, 5.74) is 0. The van der Waals surface area contributed by atoms with E-state index in [4.69, 9.17) is 4.74 Å². The van der Waals surface area contributed by atoms with Crippen molar-refractivity contribution in [1.29, 1.82) is 0 Å². The molecule has 0 aromatic carbocycles. The molecule has 0 aromatic rings.